The summed E-state index contributed by atoms with van der Waals surface area (Å²) in [5.41, 5.74) is 0.117. The summed E-state index contributed by atoms with van der Waals surface area (Å²) in [7, 11) is 0. The van der Waals surface area contributed by atoms with Crippen LogP contribution < -0.4 is 0 Å². The van der Waals surface area contributed by atoms with Crippen molar-refractivity contribution < 1.29 is 14.3 Å². The lowest BCUT2D eigenvalue weighted by molar-refractivity contribution is -0.160. The number of nitrogens with zero attached hydrogens (tertiary/aromatic N) is 1. The molecular weight excluding hydrogens is 410 g/mol. The van der Waals surface area contributed by atoms with Gasteiger partial charge in [-0.15, -0.1) is 0 Å². The molecule has 0 aromatic carbocycles. The third kappa shape index (κ3) is 3.47. The van der Waals surface area contributed by atoms with Crippen molar-refractivity contribution in [2.75, 3.05) is 13.1 Å². The van der Waals surface area contributed by atoms with Crippen molar-refractivity contribution in [2.24, 2.45) is 58.7 Å². The molecule has 33 heavy (non-hydrogen) atoms. The average molecular weight is 456 g/mol. The van der Waals surface area contributed by atoms with E-state index in [-0.39, 0.29) is 23.4 Å². The lowest BCUT2D eigenvalue weighted by Crippen LogP contribution is -2.58. The van der Waals surface area contributed by atoms with Crippen LogP contribution >= 0.6 is 0 Å². The summed E-state index contributed by atoms with van der Waals surface area (Å²) < 4.78 is 5.58. The monoisotopic (exact) mass is 455 g/mol. The molecule has 4 saturated carbocycles. The molecule has 0 aromatic heterocycles. The van der Waals surface area contributed by atoms with Crippen LogP contribution in [0.2, 0.25) is 0 Å². The third-order valence-electron chi connectivity index (χ3n) is 12.1. The van der Waals surface area contributed by atoms with Crippen LogP contribution in [0.4, 0.5) is 0 Å². The summed E-state index contributed by atoms with van der Waals surface area (Å²) in [5, 5.41) is 0. The van der Waals surface area contributed by atoms with E-state index in [2.05, 4.69) is 25.7 Å². The van der Waals surface area contributed by atoms with Gasteiger partial charge in [0.25, 0.3) is 0 Å². The van der Waals surface area contributed by atoms with Gasteiger partial charge in [-0.25, -0.2) is 0 Å². The predicted octanol–water partition coefficient (Wildman–Crippen LogP) is 5.34. The number of Topliss-reactive ketones (excluding diaryl/α,β-unsaturated/α-hetero) is 1. The first-order valence-corrected chi connectivity index (χ1v) is 14.2. The number of rotatable bonds is 1. The van der Waals surface area contributed by atoms with Crippen molar-refractivity contribution in [2.45, 2.75) is 97.6 Å². The Morgan fingerprint density at radius 1 is 0.939 bits per heavy atom. The molecule has 0 spiro atoms. The van der Waals surface area contributed by atoms with Gasteiger partial charge in [0.1, 0.15) is 11.9 Å². The van der Waals surface area contributed by atoms with Crippen molar-refractivity contribution >= 4 is 11.8 Å². The Morgan fingerprint density at radius 3 is 2.52 bits per heavy atom. The van der Waals surface area contributed by atoms with E-state index in [0.717, 1.165) is 67.2 Å². The number of hydrogen-bond donors (Lipinski definition) is 0. The molecule has 2 heterocycles. The van der Waals surface area contributed by atoms with Crippen molar-refractivity contribution in [3.63, 3.8) is 0 Å². The maximum Gasteiger partial charge on any atom is 0.302 e. The topological polar surface area (TPSA) is 46.6 Å². The van der Waals surface area contributed by atoms with Gasteiger partial charge < -0.3 is 4.74 Å². The van der Waals surface area contributed by atoms with E-state index in [9.17, 15) is 9.59 Å². The van der Waals surface area contributed by atoms with Crippen molar-refractivity contribution in [3.05, 3.63) is 0 Å². The van der Waals surface area contributed by atoms with Crippen LogP contribution in [0.3, 0.4) is 0 Å². The molecule has 0 radical (unpaired) electrons. The molecule has 0 aromatic rings. The van der Waals surface area contributed by atoms with Crippen molar-refractivity contribution in [1.29, 1.82) is 0 Å². The third-order valence-corrected chi connectivity index (χ3v) is 12.1. The van der Waals surface area contributed by atoms with E-state index in [0.29, 0.717) is 17.6 Å². The number of esters is 1. The van der Waals surface area contributed by atoms with Gasteiger partial charge in [0.05, 0.1) is 0 Å². The lowest BCUT2D eigenvalue weighted by atomic mass is 9.51. The average Bonchev–Trinajstić information content (AvgIpc) is 3.14. The Hall–Kier alpha value is -0.900. The van der Waals surface area contributed by atoms with Gasteiger partial charge >= 0.3 is 5.97 Å². The van der Waals surface area contributed by atoms with Gasteiger partial charge in [-0.2, -0.15) is 0 Å². The fourth-order valence-electron chi connectivity index (χ4n) is 10.7. The fraction of sp³-hybridized carbons (Fsp3) is 0.931. The molecule has 6 fully saturated rings. The first-order valence-electron chi connectivity index (χ1n) is 14.2. The maximum absolute atomic E-state index is 13.5. The Bertz CT molecular complexity index is 809. The van der Waals surface area contributed by atoms with Crippen LogP contribution in [0, 0.1) is 58.7 Å². The molecule has 184 valence electrons. The normalized spacial score (nSPS) is 53.8. The Morgan fingerprint density at radius 2 is 1.73 bits per heavy atom. The molecule has 2 saturated heterocycles. The van der Waals surface area contributed by atoms with Gasteiger partial charge in [-0.1, -0.05) is 20.8 Å². The minimum absolute atomic E-state index is 0.0497. The summed E-state index contributed by atoms with van der Waals surface area (Å²) in [6.07, 6.45) is 10.5. The molecule has 0 amide bonds. The summed E-state index contributed by atoms with van der Waals surface area (Å²) in [6, 6.07) is 0.822. The zero-order valence-corrected chi connectivity index (χ0v) is 21.3. The second kappa shape index (κ2) is 8.07. The second-order valence-electron chi connectivity index (χ2n) is 13.5. The van der Waals surface area contributed by atoms with E-state index < -0.39 is 0 Å². The Kier molecular flexibility index (Phi) is 5.51. The number of hydrogen-bond acceptors (Lipinski definition) is 4. The smallest absolute Gasteiger partial charge is 0.302 e. The zero-order valence-electron chi connectivity index (χ0n) is 21.3. The minimum atomic E-state index is -0.195. The largest absolute Gasteiger partial charge is 0.463 e. The highest BCUT2D eigenvalue weighted by Gasteiger charge is 2.63. The molecule has 4 heteroatoms. The SMILES string of the molecule is CC(=O)OC1CCC2(C)C(C1)C(=O)CC1C3CCC4C(C)C5CCC(C)CN5CC4C3CC12. The molecule has 6 rings (SSSR count). The first-order chi connectivity index (χ1) is 15.8. The van der Waals surface area contributed by atoms with E-state index in [4.69, 9.17) is 4.74 Å². The molecule has 0 N–H and O–H groups in total. The summed E-state index contributed by atoms with van der Waals surface area (Å²) in [5.74, 6) is 6.74. The standard InChI is InChI=1S/C29H45NO3/c1-16-5-8-27-17(2)20-6-7-21-22(24(20)15-30(27)14-16)12-25-23(21)13-28(32)26-11-19(33-18(3)31)9-10-29(25,26)4/h16-17,19-27H,5-15H2,1-4H3. The predicted molar refractivity (Wildman–Crippen MR) is 128 cm³/mol. The highest BCUT2D eigenvalue weighted by molar-refractivity contribution is 5.83. The second-order valence-corrected chi connectivity index (χ2v) is 13.5. The number of fused-ring (bicyclic) bond motifs is 8. The van der Waals surface area contributed by atoms with Crippen LogP contribution in [-0.2, 0) is 14.3 Å². The molecule has 0 bridgehead atoms. The molecule has 4 aliphatic carbocycles. The van der Waals surface area contributed by atoms with Gasteiger partial charge in [0.15, 0.2) is 0 Å². The summed E-state index contributed by atoms with van der Waals surface area (Å²) in [6.45, 7) is 11.6. The summed E-state index contributed by atoms with van der Waals surface area (Å²) >= 11 is 0. The van der Waals surface area contributed by atoms with Crippen LogP contribution in [-0.4, -0.2) is 41.9 Å². The number of piperidine rings is 2. The van der Waals surface area contributed by atoms with Gasteiger partial charge in [-0.05, 0) is 104 Å². The molecule has 12 unspecified atom stereocenters. The fourth-order valence-corrected chi connectivity index (χ4v) is 10.7. The van der Waals surface area contributed by atoms with Gasteiger partial charge in [0, 0.05) is 38.4 Å². The first kappa shape index (κ1) is 22.6. The maximum atomic E-state index is 13.5. The molecular formula is C29H45NO3. The van der Waals surface area contributed by atoms with Crippen LogP contribution in [0.1, 0.15) is 85.5 Å². The number of carbonyl (C=O) groups excluding carboxylic acids is 2. The Balaban J connectivity index is 1.24. The number of ether oxygens (including phenoxy) is 1. The summed E-state index contributed by atoms with van der Waals surface area (Å²) in [4.78, 5) is 27.9. The van der Waals surface area contributed by atoms with E-state index >= 15 is 0 Å². The Labute approximate surface area is 200 Å². The minimum Gasteiger partial charge on any atom is -0.463 e. The zero-order chi connectivity index (χ0) is 23.1. The quantitative estimate of drug-likeness (QED) is 0.501. The van der Waals surface area contributed by atoms with E-state index in [1.54, 1.807) is 0 Å². The van der Waals surface area contributed by atoms with Crippen molar-refractivity contribution in [1.82, 2.24) is 4.90 Å². The number of carbonyl (C=O) groups is 2. The van der Waals surface area contributed by atoms with E-state index in [1.165, 1.54) is 52.1 Å². The molecule has 12 atom stereocenters. The van der Waals surface area contributed by atoms with Crippen LogP contribution in [0.15, 0.2) is 0 Å². The molecule has 2 aliphatic heterocycles. The van der Waals surface area contributed by atoms with Gasteiger partial charge in [0.2, 0.25) is 0 Å². The molecule has 4 nitrogen and oxygen atoms in total. The van der Waals surface area contributed by atoms with Crippen LogP contribution in [0.5, 0.6) is 0 Å². The van der Waals surface area contributed by atoms with Crippen molar-refractivity contribution in [3.8, 4) is 0 Å². The lowest BCUT2D eigenvalue weighted by Gasteiger charge is -2.56. The van der Waals surface area contributed by atoms with Crippen LogP contribution in [0.25, 0.3) is 0 Å². The highest BCUT2D eigenvalue weighted by atomic mass is 16.5. The van der Waals surface area contributed by atoms with E-state index in [1.807, 2.05) is 0 Å². The molecule has 6 aliphatic rings. The van der Waals surface area contributed by atoms with Gasteiger partial charge in [-0.3, -0.25) is 14.5 Å². The highest BCUT2D eigenvalue weighted by Crippen LogP contribution is 2.66. The number of ketones is 1.